The Bertz CT molecular complexity index is 603. The SMILES string of the molecule is c1nncc(Nc2ccnc3[nH]ncc23)n1. The minimum absolute atomic E-state index is 0.628. The molecule has 3 aromatic rings. The van der Waals surface area contributed by atoms with Crippen LogP contribution >= 0.6 is 0 Å². The molecular weight excluding hydrogens is 206 g/mol. The van der Waals surface area contributed by atoms with Gasteiger partial charge in [-0.3, -0.25) is 5.10 Å². The fraction of sp³-hybridized carbons (Fsp3) is 0. The minimum atomic E-state index is 0.628. The zero-order chi connectivity index (χ0) is 10.8. The van der Waals surface area contributed by atoms with Gasteiger partial charge in [0.05, 0.1) is 23.5 Å². The second kappa shape index (κ2) is 3.54. The second-order valence-electron chi connectivity index (χ2n) is 3.11. The van der Waals surface area contributed by atoms with Gasteiger partial charge in [0.1, 0.15) is 6.33 Å². The lowest BCUT2D eigenvalue weighted by atomic mass is 10.3. The Hall–Kier alpha value is -2.57. The molecule has 0 spiro atoms. The molecule has 3 rings (SSSR count). The Balaban J connectivity index is 2.04. The predicted octanol–water partition coefficient (Wildman–Crippen LogP) is 0.886. The van der Waals surface area contributed by atoms with Crippen molar-refractivity contribution in [1.29, 1.82) is 0 Å². The Morgan fingerprint density at radius 3 is 3.00 bits per heavy atom. The zero-order valence-corrected chi connectivity index (χ0v) is 8.12. The van der Waals surface area contributed by atoms with Crippen LogP contribution in [-0.2, 0) is 0 Å². The van der Waals surface area contributed by atoms with Crippen molar-refractivity contribution in [3.05, 3.63) is 31.0 Å². The highest BCUT2D eigenvalue weighted by molar-refractivity contribution is 5.89. The fourth-order valence-corrected chi connectivity index (χ4v) is 1.40. The van der Waals surface area contributed by atoms with E-state index in [1.165, 1.54) is 6.33 Å². The number of aromatic amines is 1. The van der Waals surface area contributed by atoms with Gasteiger partial charge in [-0.2, -0.15) is 10.2 Å². The molecule has 7 heteroatoms. The van der Waals surface area contributed by atoms with Crippen molar-refractivity contribution in [1.82, 2.24) is 30.4 Å². The van der Waals surface area contributed by atoms with Gasteiger partial charge in [0.25, 0.3) is 0 Å². The van der Waals surface area contributed by atoms with Gasteiger partial charge in [-0.15, -0.1) is 5.10 Å². The Labute approximate surface area is 90.0 Å². The van der Waals surface area contributed by atoms with Crippen LogP contribution in [0.15, 0.2) is 31.0 Å². The molecule has 0 saturated carbocycles. The lowest BCUT2D eigenvalue weighted by Gasteiger charge is -2.04. The first-order valence-corrected chi connectivity index (χ1v) is 4.61. The van der Waals surface area contributed by atoms with Gasteiger partial charge in [-0.1, -0.05) is 0 Å². The summed E-state index contributed by atoms with van der Waals surface area (Å²) < 4.78 is 0. The van der Waals surface area contributed by atoms with Crippen LogP contribution in [0.4, 0.5) is 11.5 Å². The molecule has 3 aromatic heterocycles. The van der Waals surface area contributed by atoms with Gasteiger partial charge >= 0.3 is 0 Å². The molecule has 3 heterocycles. The summed E-state index contributed by atoms with van der Waals surface area (Å²) in [5.74, 6) is 0.628. The largest absolute Gasteiger partial charge is 0.338 e. The molecule has 0 aromatic carbocycles. The van der Waals surface area contributed by atoms with E-state index in [0.717, 1.165) is 16.7 Å². The smallest absolute Gasteiger partial charge is 0.157 e. The average molecular weight is 213 g/mol. The standard InChI is InChI=1S/C9H7N7/c1-2-10-9-6(3-13-16-9)7(1)15-8-4-12-14-5-11-8/h1-5H,(H2,10,11,13,14,15,16). The first-order chi connectivity index (χ1) is 7.93. The summed E-state index contributed by atoms with van der Waals surface area (Å²) in [7, 11) is 0. The summed E-state index contributed by atoms with van der Waals surface area (Å²) in [4.78, 5) is 8.17. The molecule has 0 aliphatic heterocycles. The number of hydrogen-bond donors (Lipinski definition) is 2. The normalized spacial score (nSPS) is 10.5. The lowest BCUT2D eigenvalue weighted by Crippen LogP contribution is -1.95. The van der Waals surface area contributed by atoms with E-state index in [1.54, 1.807) is 18.6 Å². The van der Waals surface area contributed by atoms with Crippen molar-refractivity contribution in [3.63, 3.8) is 0 Å². The lowest BCUT2D eigenvalue weighted by molar-refractivity contribution is 0.973. The summed E-state index contributed by atoms with van der Waals surface area (Å²) in [5, 5.41) is 18.1. The van der Waals surface area contributed by atoms with E-state index >= 15 is 0 Å². The van der Waals surface area contributed by atoms with E-state index in [1.807, 2.05) is 6.07 Å². The fourth-order valence-electron chi connectivity index (χ4n) is 1.40. The van der Waals surface area contributed by atoms with Gasteiger partial charge in [0.2, 0.25) is 0 Å². The van der Waals surface area contributed by atoms with Crippen LogP contribution in [0.2, 0.25) is 0 Å². The molecule has 0 unspecified atom stereocenters. The van der Waals surface area contributed by atoms with Crippen LogP contribution in [0.25, 0.3) is 11.0 Å². The molecule has 0 aliphatic carbocycles. The van der Waals surface area contributed by atoms with E-state index < -0.39 is 0 Å². The molecule has 78 valence electrons. The summed E-state index contributed by atoms with van der Waals surface area (Å²) >= 11 is 0. The van der Waals surface area contributed by atoms with E-state index in [-0.39, 0.29) is 0 Å². The number of anilines is 2. The molecular formula is C9H7N7. The summed E-state index contributed by atoms with van der Waals surface area (Å²) in [6.45, 7) is 0. The number of nitrogens with zero attached hydrogens (tertiary/aromatic N) is 5. The number of hydrogen-bond acceptors (Lipinski definition) is 6. The maximum Gasteiger partial charge on any atom is 0.157 e. The summed E-state index contributed by atoms with van der Waals surface area (Å²) in [6, 6.07) is 1.85. The molecule has 0 fully saturated rings. The van der Waals surface area contributed by atoms with E-state index in [4.69, 9.17) is 0 Å². The van der Waals surface area contributed by atoms with Gasteiger partial charge in [-0.25, -0.2) is 9.97 Å². The van der Waals surface area contributed by atoms with Crippen molar-refractivity contribution in [2.24, 2.45) is 0 Å². The number of aromatic nitrogens is 6. The van der Waals surface area contributed by atoms with E-state index in [2.05, 4.69) is 35.7 Å². The first-order valence-electron chi connectivity index (χ1n) is 4.61. The molecule has 7 nitrogen and oxygen atoms in total. The van der Waals surface area contributed by atoms with Crippen LogP contribution < -0.4 is 5.32 Å². The van der Waals surface area contributed by atoms with Crippen molar-refractivity contribution in [2.45, 2.75) is 0 Å². The first kappa shape index (κ1) is 8.72. The molecule has 0 radical (unpaired) electrons. The van der Waals surface area contributed by atoms with Gasteiger partial charge in [0.15, 0.2) is 11.5 Å². The number of nitrogens with one attached hydrogen (secondary N) is 2. The van der Waals surface area contributed by atoms with Crippen LogP contribution in [0.5, 0.6) is 0 Å². The monoisotopic (exact) mass is 213 g/mol. The molecule has 0 bridgehead atoms. The third-order valence-electron chi connectivity index (χ3n) is 2.11. The van der Waals surface area contributed by atoms with Crippen LogP contribution in [0, 0.1) is 0 Å². The number of pyridine rings is 1. The van der Waals surface area contributed by atoms with Gasteiger partial charge < -0.3 is 5.32 Å². The number of rotatable bonds is 2. The maximum absolute atomic E-state index is 4.14. The van der Waals surface area contributed by atoms with Crippen molar-refractivity contribution in [3.8, 4) is 0 Å². The highest BCUT2D eigenvalue weighted by Crippen LogP contribution is 2.21. The predicted molar refractivity (Wildman–Crippen MR) is 57.0 cm³/mol. The van der Waals surface area contributed by atoms with Crippen LogP contribution in [-0.4, -0.2) is 30.4 Å². The summed E-state index contributed by atoms with van der Waals surface area (Å²) in [6.07, 6.45) is 6.33. The molecule has 0 aliphatic rings. The van der Waals surface area contributed by atoms with Crippen LogP contribution in [0.1, 0.15) is 0 Å². The topological polar surface area (TPSA) is 92.3 Å². The Morgan fingerprint density at radius 1 is 1.12 bits per heavy atom. The van der Waals surface area contributed by atoms with Crippen molar-refractivity contribution in [2.75, 3.05) is 5.32 Å². The van der Waals surface area contributed by atoms with E-state index in [0.29, 0.717) is 5.82 Å². The Morgan fingerprint density at radius 2 is 2.12 bits per heavy atom. The van der Waals surface area contributed by atoms with Gasteiger partial charge in [0, 0.05) is 6.20 Å². The maximum atomic E-state index is 4.14. The second-order valence-corrected chi connectivity index (χ2v) is 3.11. The third-order valence-corrected chi connectivity index (χ3v) is 2.11. The highest BCUT2D eigenvalue weighted by Gasteiger charge is 2.03. The van der Waals surface area contributed by atoms with Gasteiger partial charge in [-0.05, 0) is 6.07 Å². The molecule has 16 heavy (non-hydrogen) atoms. The third kappa shape index (κ3) is 1.44. The van der Waals surface area contributed by atoms with Crippen LogP contribution in [0.3, 0.4) is 0 Å². The molecule has 0 atom stereocenters. The average Bonchev–Trinajstić information content (AvgIpc) is 2.80. The minimum Gasteiger partial charge on any atom is -0.338 e. The molecule has 2 N–H and O–H groups in total. The highest BCUT2D eigenvalue weighted by atomic mass is 15.2. The quantitative estimate of drug-likeness (QED) is 0.656. The van der Waals surface area contributed by atoms with Crippen molar-refractivity contribution >= 4 is 22.5 Å². The molecule has 0 saturated heterocycles. The summed E-state index contributed by atoms with van der Waals surface area (Å²) in [5.41, 5.74) is 1.60. The number of fused-ring (bicyclic) bond motifs is 1. The Kier molecular flexibility index (Phi) is 1.93. The van der Waals surface area contributed by atoms with Crippen molar-refractivity contribution < 1.29 is 0 Å². The van der Waals surface area contributed by atoms with E-state index in [9.17, 15) is 0 Å². The number of H-pyrrole nitrogens is 1. The molecule has 0 amide bonds. The zero-order valence-electron chi connectivity index (χ0n) is 8.12.